The van der Waals surface area contributed by atoms with Crippen LogP contribution in [0.1, 0.15) is 17.9 Å². The molecule has 0 saturated carbocycles. The van der Waals surface area contributed by atoms with Gasteiger partial charge in [-0.15, -0.1) is 24.0 Å². The summed E-state index contributed by atoms with van der Waals surface area (Å²) in [6.07, 6.45) is 3.32. The highest BCUT2D eigenvalue weighted by Gasteiger charge is 2.20. The minimum absolute atomic E-state index is 0. The first-order valence-corrected chi connectivity index (χ1v) is 9.21. The molecule has 6 nitrogen and oxygen atoms in total. The molecule has 0 atom stereocenters. The van der Waals surface area contributed by atoms with Crippen LogP contribution in [0.15, 0.2) is 15.6 Å². The number of halogens is 1. The summed E-state index contributed by atoms with van der Waals surface area (Å²) in [7, 11) is 1.86. The molecule has 132 valence electrons. The molecule has 0 radical (unpaired) electrons. The van der Waals surface area contributed by atoms with Gasteiger partial charge in [0.05, 0.1) is 5.69 Å². The van der Waals surface area contributed by atoms with Crippen molar-refractivity contribution in [2.24, 2.45) is 4.99 Å². The maximum Gasteiger partial charge on any atom is 0.193 e. The van der Waals surface area contributed by atoms with E-state index in [1.807, 2.05) is 31.8 Å². The van der Waals surface area contributed by atoms with E-state index < -0.39 is 0 Å². The van der Waals surface area contributed by atoms with E-state index >= 15 is 0 Å². The molecule has 8 heteroatoms. The van der Waals surface area contributed by atoms with Crippen LogP contribution < -0.4 is 5.32 Å². The molecule has 1 aliphatic heterocycles. The first-order chi connectivity index (χ1) is 10.7. The second-order valence-electron chi connectivity index (χ2n) is 5.51. The Balaban J connectivity index is 0.00000264. The van der Waals surface area contributed by atoms with Gasteiger partial charge in [-0.1, -0.05) is 5.16 Å². The molecule has 0 unspecified atom stereocenters. The molecule has 1 aliphatic rings. The number of nitrogens with one attached hydrogen (secondary N) is 1. The van der Waals surface area contributed by atoms with Gasteiger partial charge in [-0.3, -0.25) is 9.89 Å². The maximum atomic E-state index is 5.13. The molecule has 1 aromatic heterocycles. The Morgan fingerprint density at radius 2 is 2.13 bits per heavy atom. The minimum atomic E-state index is 0. The first-order valence-electron chi connectivity index (χ1n) is 7.82. The van der Waals surface area contributed by atoms with Crippen molar-refractivity contribution in [1.29, 1.82) is 0 Å². The van der Waals surface area contributed by atoms with Crippen LogP contribution >= 0.6 is 35.7 Å². The fourth-order valence-electron chi connectivity index (χ4n) is 2.59. The monoisotopic (exact) mass is 453 g/mol. The van der Waals surface area contributed by atoms with E-state index in [1.165, 1.54) is 12.2 Å². The summed E-state index contributed by atoms with van der Waals surface area (Å²) in [5, 5.41) is 7.53. The van der Waals surface area contributed by atoms with E-state index in [2.05, 4.69) is 31.5 Å². The Labute approximate surface area is 160 Å². The summed E-state index contributed by atoms with van der Waals surface area (Å²) < 4.78 is 5.13. The standard InChI is InChI=1S/C15H27N5OS.HI/c1-13-11-14(18-21-13)12-19-6-8-20(9-7-19)15(16-2)17-5-4-10-22-3;/h11H,4-10,12H2,1-3H3,(H,16,17);1H. The van der Waals surface area contributed by atoms with E-state index in [0.717, 1.165) is 56.7 Å². The third-order valence-electron chi connectivity index (χ3n) is 3.75. The lowest BCUT2D eigenvalue weighted by Gasteiger charge is -2.36. The number of hydrogen-bond acceptors (Lipinski definition) is 5. The van der Waals surface area contributed by atoms with E-state index in [-0.39, 0.29) is 24.0 Å². The topological polar surface area (TPSA) is 56.9 Å². The van der Waals surface area contributed by atoms with Crippen molar-refractivity contribution in [2.75, 3.05) is 51.8 Å². The maximum absolute atomic E-state index is 5.13. The highest BCUT2D eigenvalue weighted by atomic mass is 127. The van der Waals surface area contributed by atoms with E-state index in [0.29, 0.717) is 0 Å². The van der Waals surface area contributed by atoms with Crippen molar-refractivity contribution in [3.63, 3.8) is 0 Å². The van der Waals surface area contributed by atoms with E-state index in [4.69, 9.17) is 4.52 Å². The van der Waals surface area contributed by atoms with Crippen LogP contribution in [0.5, 0.6) is 0 Å². The summed E-state index contributed by atoms with van der Waals surface area (Å²) >= 11 is 1.89. The molecule has 0 aromatic carbocycles. The Bertz CT molecular complexity index is 474. The van der Waals surface area contributed by atoms with Gasteiger partial charge >= 0.3 is 0 Å². The lowest BCUT2D eigenvalue weighted by Crippen LogP contribution is -2.52. The summed E-state index contributed by atoms with van der Waals surface area (Å²) in [5.41, 5.74) is 1.02. The fourth-order valence-corrected chi connectivity index (χ4v) is 3.02. The first kappa shape index (κ1) is 20.6. The van der Waals surface area contributed by atoms with E-state index in [1.54, 1.807) is 0 Å². The van der Waals surface area contributed by atoms with Crippen LogP contribution in [0.3, 0.4) is 0 Å². The van der Waals surface area contributed by atoms with Crippen molar-refractivity contribution in [3.05, 3.63) is 17.5 Å². The molecule has 0 amide bonds. The third-order valence-corrected chi connectivity index (χ3v) is 4.45. The lowest BCUT2D eigenvalue weighted by molar-refractivity contribution is 0.169. The van der Waals surface area contributed by atoms with Gasteiger partial charge in [0, 0.05) is 52.4 Å². The molecule has 23 heavy (non-hydrogen) atoms. The van der Waals surface area contributed by atoms with Crippen LogP contribution in [0, 0.1) is 6.92 Å². The Morgan fingerprint density at radius 3 is 2.70 bits per heavy atom. The fraction of sp³-hybridized carbons (Fsp3) is 0.733. The molecule has 1 saturated heterocycles. The highest BCUT2D eigenvalue weighted by Crippen LogP contribution is 2.09. The van der Waals surface area contributed by atoms with Crippen LogP contribution in [-0.2, 0) is 6.54 Å². The summed E-state index contributed by atoms with van der Waals surface area (Å²) in [6, 6.07) is 2.01. The number of piperazine rings is 1. The van der Waals surface area contributed by atoms with Crippen LogP contribution in [0.25, 0.3) is 0 Å². The number of guanidine groups is 1. The second kappa shape index (κ2) is 11.1. The number of aryl methyl sites for hydroxylation is 1. The van der Waals surface area contributed by atoms with Crippen LogP contribution in [0.4, 0.5) is 0 Å². The number of rotatable bonds is 6. The van der Waals surface area contributed by atoms with Gasteiger partial charge in [-0.2, -0.15) is 11.8 Å². The van der Waals surface area contributed by atoms with E-state index in [9.17, 15) is 0 Å². The van der Waals surface area contributed by atoms with Gasteiger partial charge in [0.1, 0.15) is 5.76 Å². The Kier molecular flexibility index (Phi) is 9.96. The van der Waals surface area contributed by atoms with Gasteiger partial charge in [0.2, 0.25) is 0 Å². The molecule has 2 rings (SSSR count). The van der Waals surface area contributed by atoms with Gasteiger partial charge in [-0.25, -0.2) is 0 Å². The molecule has 0 aliphatic carbocycles. The molecule has 1 aromatic rings. The average Bonchev–Trinajstić information content (AvgIpc) is 2.94. The third kappa shape index (κ3) is 6.88. The Morgan fingerprint density at radius 1 is 1.39 bits per heavy atom. The Hall–Kier alpha value is -0.480. The molecular formula is C15H28IN5OS. The van der Waals surface area contributed by atoms with Gasteiger partial charge in [-0.05, 0) is 25.4 Å². The molecule has 0 spiro atoms. The molecule has 1 fully saturated rings. The number of aliphatic imine (C=N–C) groups is 1. The SMILES string of the molecule is CN=C(NCCCSC)N1CCN(Cc2cc(C)on2)CC1.I. The predicted octanol–water partition coefficient (Wildman–Crippen LogP) is 2.05. The average molecular weight is 453 g/mol. The summed E-state index contributed by atoms with van der Waals surface area (Å²) in [6.45, 7) is 7.84. The summed E-state index contributed by atoms with van der Waals surface area (Å²) in [4.78, 5) is 9.15. The van der Waals surface area contributed by atoms with Crippen molar-refractivity contribution < 1.29 is 4.52 Å². The van der Waals surface area contributed by atoms with Crippen molar-refractivity contribution in [3.8, 4) is 0 Å². The zero-order chi connectivity index (χ0) is 15.8. The van der Waals surface area contributed by atoms with Crippen molar-refractivity contribution >= 4 is 41.7 Å². The molecule has 2 heterocycles. The quantitative estimate of drug-likeness (QED) is 0.308. The molecular weight excluding hydrogens is 425 g/mol. The predicted molar refractivity (Wildman–Crippen MR) is 108 cm³/mol. The van der Waals surface area contributed by atoms with Crippen LogP contribution in [0.2, 0.25) is 0 Å². The second-order valence-corrected chi connectivity index (χ2v) is 6.50. The number of aromatic nitrogens is 1. The zero-order valence-corrected chi connectivity index (χ0v) is 17.4. The molecule has 1 N–H and O–H groups in total. The lowest BCUT2D eigenvalue weighted by atomic mass is 10.3. The van der Waals surface area contributed by atoms with Gasteiger partial charge < -0.3 is 14.7 Å². The number of thioether (sulfide) groups is 1. The van der Waals surface area contributed by atoms with Crippen molar-refractivity contribution in [1.82, 2.24) is 20.3 Å². The number of nitrogens with zero attached hydrogens (tertiary/aromatic N) is 4. The zero-order valence-electron chi connectivity index (χ0n) is 14.2. The smallest absolute Gasteiger partial charge is 0.193 e. The molecule has 0 bridgehead atoms. The van der Waals surface area contributed by atoms with Gasteiger partial charge in [0.25, 0.3) is 0 Å². The minimum Gasteiger partial charge on any atom is -0.361 e. The summed E-state index contributed by atoms with van der Waals surface area (Å²) in [5.74, 6) is 3.09. The van der Waals surface area contributed by atoms with Crippen molar-refractivity contribution in [2.45, 2.75) is 19.9 Å². The van der Waals surface area contributed by atoms with Crippen LogP contribution in [-0.4, -0.2) is 72.7 Å². The normalized spacial score (nSPS) is 16.3. The van der Waals surface area contributed by atoms with Gasteiger partial charge in [0.15, 0.2) is 5.96 Å². The largest absolute Gasteiger partial charge is 0.361 e. The highest BCUT2D eigenvalue weighted by molar-refractivity contribution is 14.0. The number of hydrogen-bond donors (Lipinski definition) is 1.